The standard InChI is InChI=1S/C13H18ClN3O/c1-2-17(10-5-3-4-6-10)13(18)9-7-11(14)16-12(15)8-9/h7-8,10H,2-6H2,1H3,(H2,15,16). The lowest BCUT2D eigenvalue weighted by Crippen LogP contribution is -2.38. The van der Waals surface area contributed by atoms with E-state index in [9.17, 15) is 4.79 Å². The smallest absolute Gasteiger partial charge is 0.254 e. The highest BCUT2D eigenvalue weighted by Gasteiger charge is 2.26. The Morgan fingerprint density at radius 2 is 2.17 bits per heavy atom. The van der Waals surface area contributed by atoms with E-state index in [1.807, 2.05) is 11.8 Å². The maximum Gasteiger partial charge on any atom is 0.254 e. The minimum Gasteiger partial charge on any atom is -0.384 e. The summed E-state index contributed by atoms with van der Waals surface area (Å²) in [5, 5.41) is 0.265. The Bertz CT molecular complexity index is 424. The predicted molar refractivity (Wildman–Crippen MR) is 72.6 cm³/mol. The van der Waals surface area contributed by atoms with E-state index in [1.165, 1.54) is 12.8 Å². The van der Waals surface area contributed by atoms with Crippen LogP contribution in [0, 0.1) is 0 Å². The van der Waals surface area contributed by atoms with Crippen molar-refractivity contribution in [3.63, 3.8) is 0 Å². The Labute approximate surface area is 112 Å². The van der Waals surface area contributed by atoms with Crippen molar-refractivity contribution in [1.82, 2.24) is 9.88 Å². The lowest BCUT2D eigenvalue weighted by atomic mass is 10.1. The zero-order valence-corrected chi connectivity index (χ0v) is 11.3. The number of amides is 1. The second kappa shape index (κ2) is 5.57. The van der Waals surface area contributed by atoms with Gasteiger partial charge in [0.15, 0.2) is 0 Å². The van der Waals surface area contributed by atoms with Gasteiger partial charge in [-0.1, -0.05) is 24.4 Å². The first-order valence-corrected chi connectivity index (χ1v) is 6.73. The minimum absolute atomic E-state index is 0.000370. The molecular weight excluding hydrogens is 250 g/mol. The van der Waals surface area contributed by atoms with Gasteiger partial charge in [0.1, 0.15) is 11.0 Å². The van der Waals surface area contributed by atoms with Crippen molar-refractivity contribution in [2.75, 3.05) is 12.3 Å². The molecule has 18 heavy (non-hydrogen) atoms. The quantitative estimate of drug-likeness (QED) is 0.857. The normalized spacial score (nSPS) is 15.9. The fraction of sp³-hybridized carbons (Fsp3) is 0.538. The van der Waals surface area contributed by atoms with E-state index in [-0.39, 0.29) is 16.9 Å². The summed E-state index contributed by atoms with van der Waals surface area (Å²) < 4.78 is 0. The summed E-state index contributed by atoms with van der Waals surface area (Å²) in [4.78, 5) is 18.2. The Balaban J connectivity index is 2.22. The number of aromatic nitrogens is 1. The van der Waals surface area contributed by atoms with E-state index in [4.69, 9.17) is 17.3 Å². The SMILES string of the molecule is CCN(C(=O)c1cc(N)nc(Cl)c1)C1CCCC1. The van der Waals surface area contributed by atoms with Crippen LogP contribution < -0.4 is 5.73 Å². The molecule has 0 radical (unpaired) electrons. The van der Waals surface area contributed by atoms with Crippen LogP contribution >= 0.6 is 11.6 Å². The van der Waals surface area contributed by atoms with Gasteiger partial charge in [0.2, 0.25) is 0 Å². The van der Waals surface area contributed by atoms with Gasteiger partial charge in [-0.3, -0.25) is 4.79 Å². The topological polar surface area (TPSA) is 59.2 Å². The molecule has 5 heteroatoms. The Morgan fingerprint density at radius 3 is 2.72 bits per heavy atom. The number of nitrogen functional groups attached to an aromatic ring is 1. The van der Waals surface area contributed by atoms with Crippen LogP contribution in [0.15, 0.2) is 12.1 Å². The van der Waals surface area contributed by atoms with Crippen LogP contribution in [-0.2, 0) is 0 Å². The number of halogens is 1. The number of carbonyl (C=O) groups is 1. The Hall–Kier alpha value is -1.29. The molecule has 0 spiro atoms. The molecule has 1 heterocycles. The molecule has 0 atom stereocenters. The maximum absolute atomic E-state index is 12.5. The lowest BCUT2D eigenvalue weighted by molar-refractivity contribution is 0.0693. The third-order valence-electron chi connectivity index (χ3n) is 3.43. The summed E-state index contributed by atoms with van der Waals surface area (Å²) in [5.41, 5.74) is 6.15. The van der Waals surface area contributed by atoms with Gasteiger partial charge in [-0.15, -0.1) is 0 Å². The number of pyridine rings is 1. The van der Waals surface area contributed by atoms with Gasteiger partial charge in [0, 0.05) is 18.2 Å². The summed E-state index contributed by atoms with van der Waals surface area (Å²) in [6, 6.07) is 3.53. The molecule has 4 nitrogen and oxygen atoms in total. The number of hydrogen-bond acceptors (Lipinski definition) is 3. The van der Waals surface area contributed by atoms with Crippen LogP contribution in [0.1, 0.15) is 43.0 Å². The van der Waals surface area contributed by atoms with Gasteiger partial charge in [-0.2, -0.15) is 0 Å². The highest BCUT2D eigenvalue weighted by Crippen LogP contribution is 2.25. The van der Waals surface area contributed by atoms with Crippen LogP contribution in [0.5, 0.6) is 0 Å². The molecule has 1 saturated carbocycles. The van der Waals surface area contributed by atoms with Crippen molar-refractivity contribution >= 4 is 23.3 Å². The van der Waals surface area contributed by atoms with Crippen LogP contribution in [0.25, 0.3) is 0 Å². The molecule has 0 bridgehead atoms. The zero-order valence-electron chi connectivity index (χ0n) is 10.5. The third-order valence-corrected chi connectivity index (χ3v) is 3.62. The average Bonchev–Trinajstić information content (AvgIpc) is 2.82. The summed E-state index contributed by atoms with van der Waals surface area (Å²) in [7, 11) is 0. The van der Waals surface area contributed by atoms with Crippen LogP contribution in [0.4, 0.5) is 5.82 Å². The molecule has 2 rings (SSSR count). The number of rotatable bonds is 3. The van der Waals surface area contributed by atoms with Gasteiger partial charge >= 0.3 is 0 Å². The van der Waals surface area contributed by atoms with Crippen molar-refractivity contribution in [3.05, 3.63) is 22.8 Å². The number of carbonyl (C=O) groups excluding carboxylic acids is 1. The molecule has 98 valence electrons. The van der Waals surface area contributed by atoms with Crippen LogP contribution in [0.2, 0.25) is 5.15 Å². The van der Waals surface area contributed by atoms with Crippen LogP contribution in [0.3, 0.4) is 0 Å². The third kappa shape index (κ3) is 2.75. The molecule has 1 aromatic rings. The number of hydrogen-bond donors (Lipinski definition) is 1. The first-order valence-electron chi connectivity index (χ1n) is 6.36. The maximum atomic E-state index is 12.5. The second-order valence-corrected chi connectivity index (χ2v) is 5.02. The molecule has 1 aliphatic rings. The Morgan fingerprint density at radius 1 is 1.50 bits per heavy atom. The zero-order chi connectivity index (χ0) is 13.1. The fourth-order valence-corrected chi connectivity index (χ4v) is 2.81. The van der Waals surface area contributed by atoms with Crippen molar-refractivity contribution < 1.29 is 4.79 Å². The monoisotopic (exact) mass is 267 g/mol. The van der Waals surface area contributed by atoms with Crippen molar-refractivity contribution in [3.8, 4) is 0 Å². The molecular formula is C13H18ClN3O. The molecule has 1 amide bonds. The lowest BCUT2D eigenvalue weighted by Gasteiger charge is -2.27. The Kier molecular flexibility index (Phi) is 4.07. The highest BCUT2D eigenvalue weighted by atomic mass is 35.5. The minimum atomic E-state index is 0.000370. The van der Waals surface area contributed by atoms with E-state index < -0.39 is 0 Å². The summed E-state index contributed by atoms with van der Waals surface area (Å²) in [6.07, 6.45) is 4.59. The number of nitrogens with two attached hydrogens (primary N) is 1. The molecule has 1 aliphatic carbocycles. The van der Waals surface area contributed by atoms with Crippen molar-refractivity contribution in [1.29, 1.82) is 0 Å². The van der Waals surface area contributed by atoms with E-state index in [0.717, 1.165) is 12.8 Å². The molecule has 0 unspecified atom stereocenters. The van der Waals surface area contributed by atoms with E-state index >= 15 is 0 Å². The predicted octanol–water partition coefficient (Wildman–Crippen LogP) is 2.72. The first-order chi connectivity index (χ1) is 8.61. The van der Waals surface area contributed by atoms with Gasteiger partial charge in [0.25, 0.3) is 5.91 Å². The molecule has 0 aliphatic heterocycles. The number of nitrogens with zero attached hydrogens (tertiary/aromatic N) is 2. The van der Waals surface area contributed by atoms with Gasteiger partial charge < -0.3 is 10.6 Å². The average molecular weight is 268 g/mol. The summed E-state index contributed by atoms with van der Waals surface area (Å²) >= 11 is 5.84. The molecule has 0 aromatic carbocycles. The summed E-state index contributed by atoms with van der Waals surface area (Å²) in [5.74, 6) is 0.286. The van der Waals surface area contributed by atoms with E-state index in [2.05, 4.69) is 4.98 Å². The molecule has 1 aromatic heterocycles. The van der Waals surface area contributed by atoms with Gasteiger partial charge in [-0.05, 0) is 31.9 Å². The van der Waals surface area contributed by atoms with E-state index in [1.54, 1.807) is 12.1 Å². The van der Waals surface area contributed by atoms with Crippen LogP contribution in [-0.4, -0.2) is 28.4 Å². The number of anilines is 1. The first kappa shape index (κ1) is 13.1. The van der Waals surface area contributed by atoms with E-state index in [0.29, 0.717) is 18.2 Å². The molecule has 0 saturated heterocycles. The fourth-order valence-electron chi connectivity index (χ4n) is 2.59. The van der Waals surface area contributed by atoms with Gasteiger partial charge in [-0.25, -0.2) is 4.98 Å². The van der Waals surface area contributed by atoms with Gasteiger partial charge in [0.05, 0.1) is 0 Å². The van der Waals surface area contributed by atoms with Crippen molar-refractivity contribution in [2.45, 2.75) is 38.6 Å². The largest absolute Gasteiger partial charge is 0.384 e. The summed E-state index contributed by atoms with van der Waals surface area (Å²) in [6.45, 7) is 2.71. The highest BCUT2D eigenvalue weighted by molar-refractivity contribution is 6.29. The molecule has 1 fully saturated rings. The second-order valence-electron chi connectivity index (χ2n) is 4.63. The molecule has 2 N–H and O–H groups in total. The van der Waals surface area contributed by atoms with Crippen molar-refractivity contribution in [2.24, 2.45) is 0 Å².